The van der Waals surface area contributed by atoms with Gasteiger partial charge in [-0.2, -0.15) is 0 Å². The lowest BCUT2D eigenvalue weighted by Gasteiger charge is -2.16. The average molecular weight is 201 g/mol. The Morgan fingerprint density at radius 3 is 2.46 bits per heavy atom. The Bertz CT molecular complexity index is 266. The first kappa shape index (κ1) is 8.88. The van der Waals surface area contributed by atoms with Crippen molar-refractivity contribution < 1.29 is 4.42 Å². The maximum Gasteiger partial charge on any atom is 0.298 e. The van der Waals surface area contributed by atoms with Crippen molar-refractivity contribution in [1.29, 1.82) is 0 Å². The van der Waals surface area contributed by atoms with Crippen LogP contribution in [0.25, 0.3) is 0 Å². The molecule has 13 heavy (non-hydrogen) atoms. The first-order valence-electron chi connectivity index (χ1n) is 4.72. The van der Waals surface area contributed by atoms with Crippen molar-refractivity contribution in [2.45, 2.75) is 25.7 Å². The van der Waals surface area contributed by atoms with Crippen molar-refractivity contribution in [1.82, 2.24) is 4.98 Å². The van der Waals surface area contributed by atoms with E-state index >= 15 is 0 Å². The second-order valence-corrected chi connectivity index (χ2v) is 3.72. The smallest absolute Gasteiger partial charge is 0.298 e. The minimum atomic E-state index is 0.374. The zero-order chi connectivity index (χ0) is 9.10. The highest BCUT2D eigenvalue weighted by atomic mass is 35.5. The summed E-state index contributed by atoms with van der Waals surface area (Å²) >= 11 is 5.66. The molecule has 2 rings (SSSR count). The molecule has 0 amide bonds. The summed E-state index contributed by atoms with van der Waals surface area (Å²) < 4.78 is 5.26. The van der Waals surface area contributed by atoms with Crippen LogP contribution in [0, 0.1) is 0 Å². The quantitative estimate of drug-likeness (QED) is 0.698. The van der Waals surface area contributed by atoms with E-state index in [4.69, 9.17) is 16.0 Å². The molecule has 0 unspecified atom stereocenters. The lowest BCUT2D eigenvalue weighted by molar-refractivity contribution is 0.535. The van der Waals surface area contributed by atoms with Crippen molar-refractivity contribution in [2.75, 3.05) is 18.0 Å². The van der Waals surface area contributed by atoms with Crippen LogP contribution in [-0.2, 0) is 0 Å². The molecule has 2 heterocycles. The number of rotatable bonds is 1. The normalized spacial score (nSPS) is 18.7. The van der Waals surface area contributed by atoms with E-state index in [1.807, 2.05) is 0 Å². The maximum atomic E-state index is 5.66. The van der Waals surface area contributed by atoms with E-state index in [-0.39, 0.29) is 0 Å². The van der Waals surface area contributed by atoms with E-state index in [0.29, 0.717) is 11.2 Å². The molecular formula is C9H13ClN2O. The zero-order valence-corrected chi connectivity index (χ0v) is 8.26. The van der Waals surface area contributed by atoms with Gasteiger partial charge in [0.1, 0.15) is 0 Å². The first-order chi connectivity index (χ1) is 6.36. The highest BCUT2D eigenvalue weighted by Gasteiger charge is 2.13. The molecule has 0 N–H and O–H groups in total. The Labute approximate surface area is 82.7 Å². The fourth-order valence-electron chi connectivity index (χ4n) is 1.65. The standard InChI is InChI=1S/C9H13ClN2O/c10-8-7-11-9(13-8)12-5-3-1-2-4-6-12/h7H,1-6H2. The molecule has 0 radical (unpaired) electrons. The lowest BCUT2D eigenvalue weighted by Crippen LogP contribution is -2.23. The Morgan fingerprint density at radius 1 is 1.23 bits per heavy atom. The Hall–Kier alpha value is -0.700. The summed E-state index contributed by atoms with van der Waals surface area (Å²) in [4.78, 5) is 6.27. The van der Waals surface area contributed by atoms with Gasteiger partial charge < -0.3 is 9.32 Å². The number of hydrogen-bond acceptors (Lipinski definition) is 3. The number of aromatic nitrogens is 1. The van der Waals surface area contributed by atoms with Gasteiger partial charge in [-0.1, -0.05) is 12.8 Å². The summed E-state index contributed by atoms with van der Waals surface area (Å²) in [6.07, 6.45) is 6.62. The number of anilines is 1. The molecule has 1 aromatic rings. The van der Waals surface area contributed by atoms with E-state index in [1.165, 1.54) is 25.7 Å². The molecule has 4 heteroatoms. The van der Waals surface area contributed by atoms with E-state index in [2.05, 4.69) is 9.88 Å². The van der Waals surface area contributed by atoms with Crippen LogP contribution in [0.1, 0.15) is 25.7 Å². The zero-order valence-electron chi connectivity index (χ0n) is 7.50. The van der Waals surface area contributed by atoms with Crippen LogP contribution in [0.5, 0.6) is 0 Å². The molecule has 72 valence electrons. The molecule has 1 aliphatic rings. The van der Waals surface area contributed by atoms with Crippen LogP contribution < -0.4 is 4.90 Å². The largest absolute Gasteiger partial charge is 0.412 e. The van der Waals surface area contributed by atoms with Gasteiger partial charge in [0.15, 0.2) is 0 Å². The van der Waals surface area contributed by atoms with E-state index in [9.17, 15) is 0 Å². The molecule has 1 aliphatic heterocycles. The van der Waals surface area contributed by atoms with E-state index in [0.717, 1.165) is 13.1 Å². The van der Waals surface area contributed by atoms with Gasteiger partial charge in [-0.15, -0.1) is 0 Å². The van der Waals surface area contributed by atoms with Gasteiger partial charge in [-0.05, 0) is 24.4 Å². The first-order valence-corrected chi connectivity index (χ1v) is 5.10. The van der Waals surface area contributed by atoms with E-state index in [1.54, 1.807) is 6.20 Å². The van der Waals surface area contributed by atoms with Crippen LogP contribution in [0.15, 0.2) is 10.6 Å². The molecular weight excluding hydrogens is 188 g/mol. The molecule has 1 fully saturated rings. The van der Waals surface area contributed by atoms with Crippen molar-refractivity contribution >= 4 is 17.6 Å². The minimum Gasteiger partial charge on any atom is -0.412 e. The molecule has 3 nitrogen and oxygen atoms in total. The number of halogens is 1. The highest BCUT2D eigenvalue weighted by molar-refractivity contribution is 6.28. The van der Waals surface area contributed by atoms with Gasteiger partial charge in [0.05, 0.1) is 6.20 Å². The van der Waals surface area contributed by atoms with Crippen molar-refractivity contribution in [3.63, 3.8) is 0 Å². The number of nitrogens with zero attached hydrogens (tertiary/aromatic N) is 2. The van der Waals surface area contributed by atoms with Crippen molar-refractivity contribution in [2.24, 2.45) is 0 Å². The molecule has 0 aliphatic carbocycles. The molecule has 1 saturated heterocycles. The summed E-state index contributed by atoms with van der Waals surface area (Å²) in [6.45, 7) is 2.08. The van der Waals surface area contributed by atoms with Crippen LogP contribution in [-0.4, -0.2) is 18.1 Å². The Kier molecular flexibility index (Phi) is 2.74. The second kappa shape index (κ2) is 4.01. The predicted octanol–water partition coefficient (Wildman–Crippen LogP) is 2.71. The second-order valence-electron chi connectivity index (χ2n) is 3.35. The summed E-state index contributed by atoms with van der Waals surface area (Å²) in [7, 11) is 0. The Morgan fingerprint density at radius 2 is 1.92 bits per heavy atom. The molecule has 0 saturated carbocycles. The molecule has 0 bridgehead atoms. The fourth-order valence-corrected chi connectivity index (χ4v) is 1.77. The van der Waals surface area contributed by atoms with Gasteiger partial charge in [-0.25, -0.2) is 4.98 Å². The minimum absolute atomic E-state index is 0.374. The summed E-state index contributed by atoms with van der Waals surface area (Å²) in [5, 5.41) is 0.374. The molecule has 0 spiro atoms. The third-order valence-electron chi connectivity index (χ3n) is 2.34. The monoisotopic (exact) mass is 200 g/mol. The molecule has 0 atom stereocenters. The van der Waals surface area contributed by atoms with Crippen molar-refractivity contribution in [3.8, 4) is 0 Å². The van der Waals surface area contributed by atoms with Crippen LogP contribution in [0.3, 0.4) is 0 Å². The van der Waals surface area contributed by atoms with Crippen LogP contribution in [0.2, 0.25) is 5.22 Å². The topological polar surface area (TPSA) is 29.3 Å². The van der Waals surface area contributed by atoms with E-state index < -0.39 is 0 Å². The van der Waals surface area contributed by atoms with Crippen LogP contribution >= 0.6 is 11.6 Å². The Balaban J connectivity index is 2.06. The van der Waals surface area contributed by atoms with Gasteiger partial charge in [-0.3, -0.25) is 0 Å². The number of oxazole rings is 1. The fraction of sp³-hybridized carbons (Fsp3) is 0.667. The summed E-state index contributed by atoms with van der Waals surface area (Å²) in [5.41, 5.74) is 0. The third kappa shape index (κ3) is 2.15. The third-order valence-corrected chi connectivity index (χ3v) is 2.52. The number of hydrogen-bond donors (Lipinski definition) is 0. The van der Waals surface area contributed by atoms with Gasteiger partial charge in [0.2, 0.25) is 5.22 Å². The predicted molar refractivity (Wildman–Crippen MR) is 52.2 cm³/mol. The van der Waals surface area contributed by atoms with Gasteiger partial charge in [0, 0.05) is 13.1 Å². The van der Waals surface area contributed by atoms with Gasteiger partial charge >= 0.3 is 0 Å². The van der Waals surface area contributed by atoms with Gasteiger partial charge in [0.25, 0.3) is 6.01 Å². The lowest BCUT2D eigenvalue weighted by atomic mass is 10.2. The summed E-state index contributed by atoms with van der Waals surface area (Å²) in [6, 6.07) is 0.673. The average Bonchev–Trinajstić information content (AvgIpc) is 2.43. The van der Waals surface area contributed by atoms with Crippen molar-refractivity contribution in [3.05, 3.63) is 11.4 Å². The summed E-state index contributed by atoms with van der Waals surface area (Å²) in [5.74, 6) is 0. The molecule has 1 aromatic heterocycles. The van der Waals surface area contributed by atoms with Crippen LogP contribution in [0.4, 0.5) is 6.01 Å². The molecule has 0 aromatic carbocycles. The highest BCUT2D eigenvalue weighted by Crippen LogP contribution is 2.21. The SMILES string of the molecule is Clc1cnc(N2CCCCCC2)o1. The maximum absolute atomic E-state index is 5.66.